The van der Waals surface area contributed by atoms with Crippen molar-refractivity contribution < 1.29 is 38.0 Å². The summed E-state index contributed by atoms with van der Waals surface area (Å²) in [6.45, 7) is 15.1. The molecule has 1 aliphatic heterocycles. The molecule has 0 spiro atoms. The summed E-state index contributed by atoms with van der Waals surface area (Å²) in [7, 11) is 0. The molecule has 1 fully saturated rings. The highest BCUT2D eigenvalue weighted by atomic mass is 32.2. The van der Waals surface area contributed by atoms with Crippen molar-refractivity contribution in [1.29, 1.82) is 0 Å². The van der Waals surface area contributed by atoms with Crippen LogP contribution in [0, 0.1) is 6.92 Å². The Hall–Kier alpha value is -3.37. The second-order valence-electron chi connectivity index (χ2n) is 14.4. The van der Waals surface area contributed by atoms with E-state index in [-0.39, 0.29) is 24.5 Å². The molecule has 5 rings (SSSR count). The zero-order valence-electron chi connectivity index (χ0n) is 31.1. The van der Waals surface area contributed by atoms with Crippen molar-refractivity contribution in [2.24, 2.45) is 0 Å². The zero-order chi connectivity index (χ0) is 36.5. The van der Waals surface area contributed by atoms with Gasteiger partial charge in [-0.05, 0) is 64.6 Å². The smallest absolute Gasteiger partial charge is 0.463 e. The summed E-state index contributed by atoms with van der Waals surface area (Å²) < 4.78 is 37.4. The summed E-state index contributed by atoms with van der Waals surface area (Å²) in [6, 6.07) is 22.9. The maximum absolute atomic E-state index is 13.7. The molecule has 0 amide bonds. The van der Waals surface area contributed by atoms with Crippen molar-refractivity contribution >= 4 is 23.9 Å². The Labute approximate surface area is 307 Å². The van der Waals surface area contributed by atoms with E-state index < -0.39 is 42.0 Å². The molecule has 2 aliphatic rings. The van der Waals surface area contributed by atoms with Gasteiger partial charge in [-0.25, -0.2) is 4.79 Å². The summed E-state index contributed by atoms with van der Waals surface area (Å²) in [6.07, 6.45) is -0.362. The first-order chi connectivity index (χ1) is 24.5. The number of hydrogen-bond acceptors (Lipinski definition) is 9. The number of aryl methyl sites for hydroxylation is 1. The Bertz CT molecular complexity index is 1570. The lowest BCUT2D eigenvalue weighted by molar-refractivity contribution is -0.237. The Balaban J connectivity index is 1.43. The predicted octanol–water partition coefficient (Wildman–Crippen LogP) is 9.38. The minimum atomic E-state index is -0.956. The van der Waals surface area contributed by atoms with E-state index in [1.54, 1.807) is 11.8 Å². The number of thioether (sulfide) groups is 1. The summed E-state index contributed by atoms with van der Waals surface area (Å²) in [5, 5.41) is 0. The monoisotopic (exact) mass is 718 g/mol. The molecular formula is C42H54O8S. The molecule has 0 bridgehead atoms. The third-order valence-corrected chi connectivity index (χ3v) is 10.8. The SMILES string of the molecule is CCCCOC1[C@H](OC(=O)OCC2c3ccccc3-c3ccccc32)C(COC(C)=O)O[C@@H](Sc2cc(C(C)(C)C)ccc2C)[C@H]1OCCCC. The van der Waals surface area contributed by atoms with E-state index in [1.807, 2.05) is 24.3 Å². The van der Waals surface area contributed by atoms with Crippen molar-refractivity contribution in [3.8, 4) is 11.1 Å². The van der Waals surface area contributed by atoms with Gasteiger partial charge in [0.25, 0.3) is 0 Å². The fourth-order valence-corrected chi connectivity index (χ4v) is 7.86. The average molecular weight is 719 g/mol. The molecule has 3 aromatic rings. The van der Waals surface area contributed by atoms with E-state index >= 15 is 0 Å². The van der Waals surface area contributed by atoms with Crippen molar-refractivity contribution in [3.63, 3.8) is 0 Å². The molecule has 2 unspecified atom stereocenters. The molecule has 1 heterocycles. The average Bonchev–Trinajstić information content (AvgIpc) is 3.42. The predicted molar refractivity (Wildman–Crippen MR) is 200 cm³/mol. The van der Waals surface area contributed by atoms with E-state index in [9.17, 15) is 9.59 Å². The molecule has 5 atom stereocenters. The third-order valence-electron chi connectivity index (χ3n) is 9.52. The Morgan fingerprint density at radius 3 is 1.98 bits per heavy atom. The topological polar surface area (TPSA) is 89.5 Å². The molecule has 3 aromatic carbocycles. The number of ether oxygens (including phenoxy) is 6. The minimum absolute atomic E-state index is 0.0426. The first kappa shape index (κ1) is 38.9. The van der Waals surface area contributed by atoms with Crippen LogP contribution >= 0.6 is 11.8 Å². The lowest BCUT2D eigenvalue weighted by atomic mass is 9.87. The van der Waals surface area contributed by atoms with Gasteiger partial charge in [0.2, 0.25) is 0 Å². The van der Waals surface area contributed by atoms with E-state index in [2.05, 4.69) is 84.0 Å². The summed E-state index contributed by atoms with van der Waals surface area (Å²) in [5.41, 5.74) is 6.23. The quantitative estimate of drug-likeness (QED) is 0.113. The molecule has 0 radical (unpaired) electrons. The number of fused-ring (bicyclic) bond motifs is 3. The molecule has 0 N–H and O–H groups in total. The molecule has 51 heavy (non-hydrogen) atoms. The number of carbonyl (C=O) groups excluding carboxylic acids is 2. The molecule has 0 aromatic heterocycles. The lowest BCUT2D eigenvalue weighted by Crippen LogP contribution is -2.61. The molecule has 8 nitrogen and oxygen atoms in total. The summed E-state index contributed by atoms with van der Waals surface area (Å²) in [4.78, 5) is 26.8. The van der Waals surface area contributed by atoms with Crippen molar-refractivity contribution in [2.75, 3.05) is 26.4 Å². The van der Waals surface area contributed by atoms with E-state index in [4.69, 9.17) is 28.4 Å². The second-order valence-corrected chi connectivity index (χ2v) is 15.6. The molecular weight excluding hydrogens is 665 g/mol. The lowest BCUT2D eigenvalue weighted by Gasteiger charge is -2.45. The van der Waals surface area contributed by atoms with Gasteiger partial charge in [0.1, 0.15) is 37.0 Å². The number of unbranched alkanes of at least 4 members (excludes halogenated alkanes) is 2. The van der Waals surface area contributed by atoms with Crippen molar-refractivity contribution in [2.45, 2.75) is 120 Å². The highest BCUT2D eigenvalue weighted by Crippen LogP contribution is 2.45. The first-order valence-electron chi connectivity index (χ1n) is 18.3. The number of hydrogen-bond donors (Lipinski definition) is 0. The standard InChI is InChI=1S/C42H54O8S/c1-8-10-22-45-38-37(50-41(44)48-25-34-32-18-14-12-16-30(32)31-17-13-15-19-33(31)34)35(26-47-28(4)43)49-40(39(38)46-23-11-9-2)51-36-24-29(42(5,6)7)21-20-27(36)3/h12-21,24,34-35,37-40H,8-11,22-23,25-26H2,1-7H3/t35?,37-,38?,39+,40+/m1/s1. The highest BCUT2D eigenvalue weighted by Gasteiger charge is 2.51. The fourth-order valence-electron chi connectivity index (χ4n) is 6.60. The van der Waals surface area contributed by atoms with Crippen LogP contribution in [0.25, 0.3) is 11.1 Å². The van der Waals surface area contributed by atoms with Gasteiger partial charge in [0, 0.05) is 31.0 Å². The number of rotatable bonds is 15. The van der Waals surface area contributed by atoms with Crippen molar-refractivity contribution in [1.82, 2.24) is 0 Å². The van der Waals surface area contributed by atoms with E-state index in [1.165, 1.54) is 12.5 Å². The van der Waals surface area contributed by atoms with Crippen molar-refractivity contribution in [3.05, 3.63) is 89.0 Å². The maximum atomic E-state index is 13.7. The third kappa shape index (κ3) is 9.74. The van der Waals surface area contributed by atoms with Gasteiger partial charge in [0.05, 0.1) is 0 Å². The normalized spacial score (nSPS) is 21.5. The van der Waals surface area contributed by atoms with Crippen LogP contribution in [0.1, 0.15) is 95.4 Å². The van der Waals surface area contributed by atoms with Gasteiger partial charge in [-0.2, -0.15) is 0 Å². The Kier molecular flexibility index (Phi) is 13.6. The van der Waals surface area contributed by atoms with Crippen LogP contribution in [-0.2, 0) is 38.6 Å². The van der Waals surface area contributed by atoms with Crippen LogP contribution in [0.2, 0.25) is 0 Å². The Morgan fingerprint density at radius 2 is 1.39 bits per heavy atom. The van der Waals surface area contributed by atoms with E-state index in [0.717, 1.165) is 58.4 Å². The first-order valence-corrected chi connectivity index (χ1v) is 19.2. The Morgan fingerprint density at radius 1 is 0.784 bits per heavy atom. The zero-order valence-corrected chi connectivity index (χ0v) is 32.0. The van der Waals surface area contributed by atoms with Gasteiger partial charge in [-0.3, -0.25) is 4.79 Å². The number of carbonyl (C=O) groups is 2. The van der Waals surface area contributed by atoms with Crippen LogP contribution in [0.3, 0.4) is 0 Å². The van der Waals surface area contributed by atoms with Gasteiger partial charge < -0.3 is 28.4 Å². The molecule has 1 saturated heterocycles. The van der Waals surface area contributed by atoms with Crippen LogP contribution < -0.4 is 0 Å². The number of esters is 1. The van der Waals surface area contributed by atoms with Gasteiger partial charge in [-0.1, -0.05) is 120 Å². The van der Waals surface area contributed by atoms with Gasteiger partial charge in [0.15, 0.2) is 6.10 Å². The minimum Gasteiger partial charge on any atom is -0.463 e. The second kappa shape index (κ2) is 17.9. The summed E-state index contributed by atoms with van der Waals surface area (Å²) in [5.74, 6) is -0.583. The fraction of sp³-hybridized carbons (Fsp3) is 0.524. The molecule has 9 heteroatoms. The van der Waals surface area contributed by atoms with Gasteiger partial charge >= 0.3 is 12.1 Å². The largest absolute Gasteiger partial charge is 0.508 e. The van der Waals surface area contributed by atoms with Gasteiger partial charge in [-0.15, -0.1) is 0 Å². The van der Waals surface area contributed by atoms with Crippen LogP contribution in [0.15, 0.2) is 71.6 Å². The van der Waals surface area contributed by atoms with Crippen LogP contribution in [-0.4, -0.2) is 68.4 Å². The maximum Gasteiger partial charge on any atom is 0.508 e. The van der Waals surface area contributed by atoms with E-state index in [0.29, 0.717) is 13.2 Å². The highest BCUT2D eigenvalue weighted by molar-refractivity contribution is 7.99. The van der Waals surface area contributed by atoms with Crippen LogP contribution in [0.4, 0.5) is 4.79 Å². The summed E-state index contributed by atoms with van der Waals surface area (Å²) >= 11 is 1.56. The molecule has 0 saturated carbocycles. The van der Waals surface area contributed by atoms with Crippen LogP contribution in [0.5, 0.6) is 0 Å². The molecule has 276 valence electrons. The molecule has 1 aliphatic carbocycles. The number of benzene rings is 3.